The summed E-state index contributed by atoms with van der Waals surface area (Å²) in [6, 6.07) is 0. The maximum absolute atomic E-state index is 10.7. The summed E-state index contributed by atoms with van der Waals surface area (Å²) in [5, 5.41) is 7.10. The number of nitrogens with one attached hydrogen (secondary N) is 1. The Labute approximate surface area is 113 Å². The number of rotatable bonds is 5. The van der Waals surface area contributed by atoms with E-state index in [1.807, 2.05) is 29.2 Å². The first kappa shape index (κ1) is 13.8. The number of hydrogen-bond donors (Lipinski definition) is 1. The fourth-order valence-electron chi connectivity index (χ4n) is 2.08. The molecule has 0 unspecified atom stereocenters. The monoisotopic (exact) mass is 263 g/mol. The highest BCUT2D eigenvalue weighted by atomic mass is 16.5. The average Bonchev–Trinajstić information content (AvgIpc) is 2.88. The molecule has 5 heteroatoms. The molecule has 5 nitrogen and oxygen atoms in total. The number of nitrogens with zero attached hydrogens (tertiary/aromatic N) is 2. The molecule has 1 aromatic rings. The quantitative estimate of drug-likeness (QED) is 0.828. The lowest BCUT2D eigenvalue weighted by Crippen LogP contribution is -2.20. The summed E-state index contributed by atoms with van der Waals surface area (Å²) < 4.78 is 7.57. The molecule has 0 bridgehead atoms. The Bertz CT molecular complexity index is 434. The van der Waals surface area contributed by atoms with Gasteiger partial charge in [0, 0.05) is 31.8 Å². The predicted molar refractivity (Wildman–Crippen MR) is 73.4 cm³/mol. The van der Waals surface area contributed by atoms with Crippen molar-refractivity contribution < 1.29 is 9.53 Å². The van der Waals surface area contributed by atoms with Crippen molar-refractivity contribution in [3.05, 3.63) is 24.0 Å². The first-order valence-corrected chi connectivity index (χ1v) is 6.82. The maximum atomic E-state index is 10.7. The number of amides is 1. The van der Waals surface area contributed by atoms with E-state index in [0.29, 0.717) is 6.54 Å². The van der Waals surface area contributed by atoms with Crippen LogP contribution in [0.15, 0.2) is 18.5 Å². The van der Waals surface area contributed by atoms with Crippen LogP contribution in [0.25, 0.3) is 6.08 Å². The molecule has 0 saturated carbocycles. The zero-order chi connectivity index (χ0) is 13.5. The van der Waals surface area contributed by atoms with Crippen LogP contribution in [0.1, 0.15) is 44.4 Å². The van der Waals surface area contributed by atoms with E-state index in [4.69, 9.17) is 4.74 Å². The molecule has 1 atom stereocenters. The van der Waals surface area contributed by atoms with Crippen molar-refractivity contribution in [1.82, 2.24) is 15.1 Å². The molecule has 0 aliphatic carbocycles. The van der Waals surface area contributed by atoms with Gasteiger partial charge in [0.25, 0.3) is 0 Å². The fraction of sp³-hybridized carbons (Fsp3) is 0.571. The van der Waals surface area contributed by atoms with Crippen LogP contribution in [0, 0.1) is 0 Å². The van der Waals surface area contributed by atoms with E-state index < -0.39 is 0 Å². The van der Waals surface area contributed by atoms with Crippen LogP contribution in [-0.2, 0) is 9.53 Å². The standard InChI is InChI=1S/C14H21N3O2/c1-12(18)15-8-4-2-6-13-10-16-17(11-13)14-7-3-5-9-19-14/h2,6,10-11,14H,3-5,7-9H2,1H3,(H,15,18)/t14-/m0/s1. The first-order valence-electron chi connectivity index (χ1n) is 6.82. The summed E-state index contributed by atoms with van der Waals surface area (Å²) in [6.07, 6.45) is 12.2. The molecular formula is C14H21N3O2. The number of carbonyl (C=O) groups is 1. The zero-order valence-electron chi connectivity index (χ0n) is 11.3. The number of ether oxygens (including phenoxy) is 1. The average molecular weight is 263 g/mol. The lowest BCUT2D eigenvalue weighted by molar-refractivity contribution is -0.118. The van der Waals surface area contributed by atoms with E-state index in [1.54, 1.807) is 0 Å². The van der Waals surface area contributed by atoms with Gasteiger partial charge in [-0.25, -0.2) is 4.68 Å². The van der Waals surface area contributed by atoms with E-state index in [0.717, 1.165) is 31.4 Å². The van der Waals surface area contributed by atoms with Gasteiger partial charge in [0.05, 0.1) is 6.20 Å². The summed E-state index contributed by atoms with van der Waals surface area (Å²) in [4.78, 5) is 10.7. The van der Waals surface area contributed by atoms with Crippen molar-refractivity contribution in [1.29, 1.82) is 0 Å². The van der Waals surface area contributed by atoms with Crippen molar-refractivity contribution in [2.45, 2.75) is 38.8 Å². The Morgan fingerprint density at radius 3 is 3.26 bits per heavy atom. The van der Waals surface area contributed by atoms with Crippen molar-refractivity contribution in [3.8, 4) is 0 Å². The fourth-order valence-corrected chi connectivity index (χ4v) is 2.08. The molecule has 2 rings (SSSR count). The zero-order valence-corrected chi connectivity index (χ0v) is 11.3. The van der Waals surface area contributed by atoms with Gasteiger partial charge in [-0.05, 0) is 25.7 Å². The molecule has 104 valence electrons. The minimum atomic E-state index is 0.00988. The molecule has 0 spiro atoms. The first-order chi connectivity index (χ1) is 9.25. The van der Waals surface area contributed by atoms with Crippen LogP contribution in [0.5, 0.6) is 0 Å². The topological polar surface area (TPSA) is 56.2 Å². The van der Waals surface area contributed by atoms with Crippen LogP contribution in [0.3, 0.4) is 0 Å². The van der Waals surface area contributed by atoms with Crippen LogP contribution in [-0.4, -0.2) is 28.8 Å². The van der Waals surface area contributed by atoms with Gasteiger partial charge in [0.15, 0.2) is 0 Å². The minimum Gasteiger partial charge on any atom is -0.357 e. The van der Waals surface area contributed by atoms with E-state index in [9.17, 15) is 4.79 Å². The van der Waals surface area contributed by atoms with Crippen LogP contribution >= 0.6 is 0 Å². The van der Waals surface area contributed by atoms with E-state index in [1.165, 1.54) is 13.3 Å². The van der Waals surface area contributed by atoms with Gasteiger partial charge in [-0.15, -0.1) is 0 Å². The third kappa shape index (κ3) is 4.52. The minimum absolute atomic E-state index is 0.00988. The van der Waals surface area contributed by atoms with Gasteiger partial charge in [-0.2, -0.15) is 5.10 Å². The molecule has 1 aliphatic rings. The molecule has 1 aromatic heterocycles. The lowest BCUT2D eigenvalue weighted by Gasteiger charge is -2.22. The van der Waals surface area contributed by atoms with Crippen LogP contribution < -0.4 is 5.32 Å². The third-order valence-electron chi connectivity index (χ3n) is 3.07. The molecule has 1 fully saturated rings. The van der Waals surface area contributed by atoms with Gasteiger partial charge in [-0.3, -0.25) is 4.79 Å². The van der Waals surface area contributed by atoms with Crippen molar-refractivity contribution in [2.75, 3.05) is 13.2 Å². The molecule has 19 heavy (non-hydrogen) atoms. The normalized spacial score (nSPS) is 19.7. The summed E-state index contributed by atoms with van der Waals surface area (Å²) >= 11 is 0. The van der Waals surface area contributed by atoms with Gasteiger partial charge in [0.1, 0.15) is 6.23 Å². The van der Waals surface area contributed by atoms with E-state index in [-0.39, 0.29) is 12.1 Å². The highest BCUT2D eigenvalue weighted by Crippen LogP contribution is 2.21. The molecule has 0 aromatic carbocycles. The Morgan fingerprint density at radius 2 is 2.53 bits per heavy atom. The molecule has 1 N–H and O–H groups in total. The summed E-state index contributed by atoms with van der Waals surface area (Å²) in [5.74, 6) is 0.00988. The Kier molecular flexibility index (Phi) is 5.15. The van der Waals surface area contributed by atoms with Crippen molar-refractivity contribution >= 4 is 12.0 Å². The SMILES string of the molecule is CC(=O)NCCC=Cc1cnn([C@@H]2CCCCO2)c1. The largest absolute Gasteiger partial charge is 0.357 e. The van der Waals surface area contributed by atoms with Crippen LogP contribution in [0.4, 0.5) is 0 Å². The second kappa shape index (κ2) is 7.09. The van der Waals surface area contributed by atoms with Crippen LogP contribution in [0.2, 0.25) is 0 Å². The van der Waals surface area contributed by atoms with Gasteiger partial charge in [0.2, 0.25) is 5.91 Å². The Morgan fingerprint density at radius 1 is 1.63 bits per heavy atom. The summed E-state index contributed by atoms with van der Waals surface area (Å²) in [5.41, 5.74) is 1.07. The van der Waals surface area contributed by atoms with Crippen molar-refractivity contribution in [3.63, 3.8) is 0 Å². The maximum Gasteiger partial charge on any atom is 0.216 e. The van der Waals surface area contributed by atoms with Gasteiger partial charge >= 0.3 is 0 Å². The van der Waals surface area contributed by atoms with Gasteiger partial charge in [-0.1, -0.05) is 12.2 Å². The van der Waals surface area contributed by atoms with E-state index in [2.05, 4.69) is 10.4 Å². The molecule has 0 radical (unpaired) electrons. The molecule has 1 aliphatic heterocycles. The summed E-state index contributed by atoms with van der Waals surface area (Å²) in [6.45, 7) is 3.02. The highest BCUT2D eigenvalue weighted by molar-refractivity contribution is 5.72. The van der Waals surface area contributed by atoms with Gasteiger partial charge < -0.3 is 10.1 Å². The molecule has 1 saturated heterocycles. The number of hydrogen-bond acceptors (Lipinski definition) is 3. The molecule has 2 heterocycles. The Hall–Kier alpha value is -1.62. The number of carbonyl (C=O) groups excluding carboxylic acids is 1. The number of aromatic nitrogens is 2. The second-order valence-corrected chi connectivity index (χ2v) is 4.75. The predicted octanol–water partition coefficient (Wildman–Crippen LogP) is 2.12. The summed E-state index contributed by atoms with van der Waals surface area (Å²) in [7, 11) is 0. The lowest BCUT2D eigenvalue weighted by atomic mass is 10.2. The molecule has 1 amide bonds. The highest BCUT2D eigenvalue weighted by Gasteiger charge is 2.15. The van der Waals surface area contributed by atoms with E-state index >= 15 is 0 Å². The third-order valence-corrected chi connectivity index (χ3v) is 3.07. The molecular weight excluding hydrogens is 242 g/mol. The second-order valence-electron chi connectivity index (χ2n) is 4.75. The smallest absolute Gasteiger partial charge is 0.216 e. The Balaban J connectivity index is 1.79. The van der Waals surface area contributed by atoms with Crippen molar-refractivity contribution in [2.24, 2.45) is 0 Å².